The zero-order chi connectivity index (χ0) is 20.1. The lowest BCUT2D eigenvalue weighted by Gasteiger charge is -2.07. The van der Waals surface area contributed by atoms with Crippen molar-refractivity contribution in [3.8, 4) is 0 Å². The van der Waals surface area contributed by atoms with E-state index >= 15 is 0 Å². The van der Waals surface area contributed by atoms with E-state index in [4.69, 9.17) is 5.11 Å². The van der Waals surface area contributed by atoms with Gasteiger partial charge in [-0.1, -0.05) is 19.3 Å². The summed E-state index contributed by atoms with van der Waals surface area (Å²) in [7, 11) is 1.37. The predicted molar refractivity (Wildman–Crippen MR) is 98.0 cm³/mol. The van der Waals surface area contributed by atoms with Crippen molar-refractivity contribution in [3.05, 3.63) is 29.8 Å². The first-order valence-corrected chi connectivity index (χ1v) is 8.68. The van der Waals surface area contributed by atoms with Gasteiger partial charge in [-0.2, -0.15) is 0 Å². The Hall–Kier alpha value is -3.10. The van der Waals surface area contributed by atoms with Gasteiger partial charge in [0.15, 0.2) is 0 Å². The van der Waals surface area contributed by atoms with Gasteiger partial charge >= 0.3 is 12.1 Å². The molecule has 0 radical (unpaired) electrons. The third-order valence-corrected chi connectivity index (χ3v) is 3.73. The fourth-order valence-corrected chi connectivity index (χ4v) is 2.30. The second-order valence-electron chi connectivity index (χ2n) is 5.85. The number of benzene rings is 1. The summed E-state index contributed by atoms with van der Waals surface area (Å²) in [6.45, 7) is 0. The minimum atomic E-state index is -1.37. The maximum atomic E-state index is 11.9. The number of methoxy groups -OCH3 is 1. The highest BCUT2D eigenvalue weighted by Crippen LogP contribution is 2.12. The number of rotatable bonds is 10. The molecule has 0 aliphatic heterocycles. The average Bonchev–Trinajstić information content (AvgIpc) is 2.65. The van der Waals surface area contributed by atoms with Crippen LogP contribution in [0.25, 0.3) is 0 Å². The topological polar surface area (TPSA) is 134 Å². The van der Waals surface area contributed by atoms with E-state index in [2.05, 4.69) is 10.1 Å². The van der Waals surface area contributed by atoms with Crippen molar-refractivity contribution in [3.63, 3.8) is 0 Å². The molecule has 148 valence electrons. The highest BCUT2D eigenvalue weighted by atomic mass is 16.5. The first kappa shape index (κ1) is 21.9. The molecule has 1 aromatic carbocycles. The first-order valence-electron chi connectivity index (χ1n) is 8.68. The van der Waals surface area contributed by atoms with Crippen molar-refractivity contribution < 1.29 is 29.0 Å². The molecule has 0 saturated heterocycles. The number of anilines is 1. The van der Waals surface area contributed by atoms with Gasteiger partial charge in [0.05, 0.1) is 7.11 Å². The number of nitrogens with one attached hydrogen (secondary N) is 3. The Morgan fingerprint density at radius 3 is 2.07 bits per heavy atom. The number of esters is 1. The fourth-order valence-electron chi connectivity index (χ4n) is 2.30. The fraction of sp³-hybridized carbons (Fsp3) is 0.444. The van der Waals surface area contributed by atoms with E-state index < -0.39 is 12.0 Å². The molecule has 0 aliphatic carbocycles. The molecule has 0 aliphatic rings. The molecule has 0 atom stereocenters. The van der Waals surface area contributed by atoms with Gasteiger partial charge in [0.25, 0.3) is 5.91 Å². The van der Waals surface area contributed by atoms with Crippen LogP contribution in [-0.2, 0) is 14.3 Å². The van der Waals surface area contributed by atoms with Crippen LogP contribution in [0.15, 0.2) is 24.3 Å². The smallest absolute Gasteiger partial charge is 0.423 e. The van der Waals surface area contributed by atoms with Gasteiger partial charge in [-0.15, -0.1) is 0 Å². The number of carbonyl (C=O) groups is 4. The number of hydrogen-bond acceptors (Lipinski definition) is 5. The van der Waals surface area contributed by atoms with Crippen molar-refractivity contribution in [2.45, 2.75) is 44.9 Å². The van der Waals surface area contributed by atoms with E-state index in [1.54, 1.807) is 17.6 Å². The molecular weight excluding hydrogens is 354 g/mol. The molecule has 0 heterocycles. The number of hydrazine groups is 1. The minimum absolute atomic E-state index is 0.116. The summed E-state index contributed by atoms with van der Waals surface area (Å²) in [4.78, 5) is 44.8. The maximum Gasteiger partial charge on any atom is 0.423 e. The lowest BCUT2D eigenvalue weighted by molar-refractivity contribution is -0.140. The summed E-state index contributed by atoms with van der Waals surface area (Å²) in [5, 5.41) is 11.2. The van der Waals surface area contributed by atoms with E-state index in [0.717, 1.165) is 32.1 Å². The van der Waals surface area contributed by atoms with Gasteiger partial charge in [0, 0.05) is 24.1 Å². The third-order valence-electron chi connectivity index (χ3n) is 3.73. The number of hydrogen-bond donors (Lipinski definition) is 4. The largest absolute Gasteiger partial charge is 0.469 e. The summed E-state index contributed by atoms with van der Waals surface area (Å²) in [5.41, 5.74) is 4.59. The van der Waals surface area contributed by atoms with Crippen molar-refractivity contribution >= 4 is 29.6 Å². The molecule has 0 unspecified atom stereocenters. The Morgan fingerprint density at radius 2 is 1.48 bits per heavy atom. The SMILES string of the molecule is COC(=O)CCCCCCCC(=O)Nc1ccc(C(=O)NNC(=O)O)cc1. The van der Waals surface area contributed by atoms with Crippen LogP contribution in [-0.4, -0.2) is 36.1 Å². The van der Waals surface area contributed by atoms with Crippen LogP contribution in [0.2, 0.25) is 0 Å². The second-order valence-corrected chi connectivity index (χ2v) is 5.85. The second kappa shape index (κ2) is 12.3. The minimum Gasteiger partial charge on any atom is -0.469 e. The summed E-state index contributed by atoms with van der Waals surface area (Å²) >= 11 is 0. The maximum absolute atomic E-state index is 11.9. The Bertz CT molecular complexity index is 645. The number of unbranched alkanes of at least 4 members (excludes halogenated alkanes) is 4. The predicted octanol–water partition coefficient (Wildman–Crippen LogP) is 2.44. The van der Waals surface area contributed by atoms with E-state index in [9.17, 15) is 19.2 Å². The Labute approximate surface area is 157 Å². The first-order chi connectivity index (χ1) is 12.9. The van der Waals surface area contributed by atoms with Crippen molar-refractivity contribution in [2.24, 2.45) is 0 Å². The molecule has 0 aromatic heterocycles. The summed E-state index contributed by atoms with van der Waals surface area (Å²) in [5.74, 6) is -0.909. The number of carbonyl (C=O) groups excluding carboxylic acids is 3. The molecule has 27 heavy (non-hydrogen) atoms. The molecule has 9 heteroatoms. The summed E-state index contributed by atoms with van der Waals surface area (Å²) in [6, 6.07) is 6.10. The number of ether oxygens (including phenoxy) is 1. The molecule has 0 spiro atoms. The van der Waals surface area contributed by atoms with Crippen LogP contribution < -0.4 is 16.2 Å². The van der Waals surface area contributed by atoms with E-state index in [1.165, 1.54) is 19.2 Å². The van der Waals surface area contributed by atoms with Crippen molar-refractivity contribution in [2.75, 3.05) is 12.4 Å². The Kier molecular flexibility index (Phi) is 9.98. The quantitative estimate of drug-likeness (QED) is 0.280. The van der Waals surface area contributed by atoms with Crippen LogP contribution in [0.1, 0.15) is 55.3 Å². The molecule has 3 amide bonds. The lowest BCUT2D eigenvalue weighted by Crippen LogP contribution is -2.40. The van der Waals surface area contributed by atoms with E-state index in [1.807, 2.05) is 5.43 Å². The van der Waals surface area contributed by atoms with Gasteiger partial charge in [-0.3, -0.25) is 19.8 Å². The summed E-state index contributed by atoms with van der Waals surface area (Å²) < 4.78 is 4.57. The van der Waals surface area contributed by atoms with E-state index in [-0.39, 0.29) is 17.4 Å². The Balaban J connectivity index is 2.22. The third kappa shape index (κ3) is 9.83. The molecule has 0 bridgehead atoms. The van der Waals surface area contributed by atoms with Gasteiger partial charge in [-0.05, 0) is 37.1 Å². The highest BCUT2D eigenvalue weighted by molar-refractivity contribution is 5.96. The molecule has 1 rings (SSSR count). The zero-order valence-electron chi connectivity index (χ0n) is 15.2. The average molecular weight is 379 g/mol. The molecule has 1 aromatic rings. The monoisotopic (exact) mass is 379 g/mol. The highest BCUT2D eigenvalue weighted by Gasteiger charge is 2.07. The lowest BCUT2D eigenvalue weighted by atomic mass is 10.1. The van der Waals surface area contributed by atoms with Crippen LogP contribution in [0, 0.1) is 0 Å². The molecule has 0 fully saturated rings. The normalized spacial score (nSPS) is 9.96. The summed E-state index contributed by atoms with van der Waals surface area (Å²) in [6.07, 6.45) is 3.79. The number of amides is 3. The number of carboxylic acid groups (broad SMARTS) is 1. The van der Waals surface area contributed by atoms with Crippen LogP contribution in [0.3, 0.4) is 0 Å². The van der Waals surface area contributed by atoms with E-state index in [0.29, 0.717) is 18.5 Å². The van der Waals surface area contributed by atoms with Gasteiger partial charge < -0.3 is 15.2 Å². The van der Waals surface area contributed by atoms with Crippen LogP contribution in [0.4, 0.5) is 10.5 Å². The molecule has 4 N–H and O–H groups in total. The van der Waals surface area contributed by atoms with Gasteiger partial charge in [0.1, 0.15) is 0 Å². The van der Waals surface area contributed by atoms with Crippen molar-refractivity contribution in [1.82, 2.24) is 10.9 Å². The molecular formula is C18H25N3O6. The molecule has 0 saturated carbocycles. The van der Waals surface area contributed by atoms with Crippen LogP contribution in [0.5, 0.6) is 0 Å². The Morgan fingerprint density at radius 1 is 0.889 bits per heavy atom. The van der Waals surface area contributed by atoms with Crippen molar-refractivity contribution in [1.29, 1.82) is 0 Å². The zero-order valence-corrected chi connectivity index (χ0v) is 15.2. The standard InChI is InChI=1S/C18H25N3O6/c1-27-16(23)8-6-4-2-3-5-7-15(22)19-14-11-9-13(10-12-14)17(24)20-21-18(25)26/h9-12,21H,2-8H2,1H3,(H,19,22)(H,20,24)(H,25,26). The van der Waals surface area contributed by atoms with Gasteiger partial charge in [0.2, 0.25) is 5.91 Å². The van der Waals surface area contributed by atoms with Gasteiger partial charge in [-0.25, -0.2) is 10.2 Å². The molecule has 9 nitrogen and oxygen atoms in total. The van der Waals surface area contributed by atoms with Crippen LogP contribution >= 0.6 is 0 Å².